The molecular formula is C14H20O2. The lowest BCUT2D eigenvalue weighted by molar-refractivity contribution is 0.149. The van der Waals surface area contributed by atoms with Crippen molar-refractivity contribution in [3.63, 3.8) is 0 Å². The van der Waals surface area contributed by atoms with Crippen molar-refractivity contribution in [1.29, 1.82) is 0 Å². The van der Waals surface area contributed by atoms with E-state index in [-0.39, 0.29) is 0 Å². The molecule has 2 rings (SSSR count). The number of hydrogen-bond donors (Lipinski definition) is 0. The maximum Gasteiger partial charge on any atom is 0.161 e. The Hall–Kier alpha value is -1.18. The van der Waals surface area contributed by atoms with Gasteiger partial charge in [-0.2, -0.15) is 0 Å². The molecule has 2 heteroatoms. The SMILES string of the molecule is COc1cc(C)ccc1OC1CCCCC1. The molecule has 0 atom stereocenters. The van der Waals surface area contributed by atoms with Crippen molar-refractivity contribution in [3.05, 3.63) is 23.8 Å². The van der Waals surface area contributed by atoms with Crippen LogP contribution in [0.1, 0.15) is 37.7 Å². The van der Waals surface area contributed by atoms with E-state index in [1.165, 1.54) is 37.7 Å². The summed E-state index contributed by atoms with van der Waals surface area (Å²) < 4.78 is 11.4. The third-order valence-electron chi connectivity index (χ3n) is 3.16. The summed E-state index contributed by atoms with van der Waals surface area (Å²) in [7, 11) is 1.70. The molecule has 1 aliphatic rings. The van der Waals surface area contributed by atoms with Crippen molar-refractivity contribution in [2.75, 3.05) is 7.11 Å². The van der Waals surface area contributed by atoms with Crippen molar-refractivity contribution < 1.29 is 9.47 Å². The first-order valence-electron chi connectivity index (χ1n) is 6.11. The number of aryl methyl sites for hydroxylation is 1. The van der Waals surface area contributed by atoms with Crippen LogP contribution < -0.4 is 9.47 Å². The summed E-state index contributed by atoms with van der Waals surface area (Å²) in [6.07, 6.45) is 6.67. The molecule has 0 heterocycles. The second kappa shape index (κ2) is 5.24. The van der Waals surface area contributed by atoms with Crippen LogP contribution in [0.15, 0.2) is 18.2 Å². The van der Waals surface area contributed by atoms with Gasteiger partial charge in [0.2, 0.25) is 0 Å². The summed E-state index contributed by atoms with van der Waals surface area (Å²) in [5.74, 6) is 1.74. The Bertz CT molecular complexity index is 341. The van der Waals surface area contributed by atoms with Crippen molar-refractivity contribution in [2.45, 2.75) is 45.1 Å². The predicted molar refractivity (Wildman–Crippen MR) is 65.2 cm³/mol. The smallest absolute Gasteiger partial charge is 0.161 e. The largest absolute Gasteiger partial charge is 0.493 e. The third-order valence-corrected chi connectivity index (χ3v) is 3.16. The molecule has 0 bridgehead atoms. The van der Waals surface area contributed by atoms with Gasteiger partial charge in [0.05, 0.1) is 13.2 Å². The van der Waals surface area contributed by atoms with Crippen LogP contribution in [0.2, 0.25) is 0 Å². The zero-order chi connectivity index (χ0) is 11.4. The maximum atomic E-state index is 6.01. The van der Waals surface area contributed by atoms with Gasteiger partial charge in [-0.25, -0.2) is 0 Å². The molecule has 1 saturated carbocycles. The molecule has 1 aromatic carbocycles. The first-order valence-corrected chi connectivity index (χ1v) is 6.11. The van der Waals surface area contributed by atoms with Crippen LogP contribution in [-0.2, 0) is 0 Å². The van der Waals surface area contributed by atoms with Gasteiger partial charge in [0, 0.05) is 0 Å². The van der Waals surface area contributed by atoms with Crippen molar-refractivity contribution in [2.24, 2.45) is 0 Å². The monoisotopic (exact) mass is 220 g/mol. The molecular weight excluding hydrogens is 200 g/mol. The molecule has 0 saturated heterocycles. The molecule has 88 valence electrons. The normalized spacial score (nSPS) is 17.1. The molecule has 0 aliphatic heterocycles. The lowest BCUT2D eigenvalue weighted by atomic mass is 9.98. The third kappa shape index (κ3) is 2.69. The molecule has 1 fully saturated rings. The Morgan fingerprint density at radius 2 is 1.81 bits per heavy atom. The maximum absolute atomic E-state index is 6.01. The van der Waals surface area contributed by atoms with E-state index in [1.807, 2.05) is 12.1 Å². The number of hydrogen-bond acceptors (Lipinski definition) is 2. The van der Waals surface area contributed by atoms with Crippen LogP contribution in [0.3, 0.4) is 0 Å². The molecule has 16 heavy (non-hydrogen) atoms. The second-order valence-electron chi connectivity index (χ2n) is 4.53. The van der Waals surface area contributed by atoms with Crippen molar-refractivity contribution in [1.82, 2.24) is 0 Å². The van der Waals surface area contributed by atoms with Gasteiger partial charge in [-0.15, -0.1) is 0 Å². The highest BCUT2D eigenvalue weighted by Crippen LogP contribution is 2.31. The van der Waals surface area contributed by atoms with Gasteiger partial charge in [0.25, 0.3) is 0 Å². The Morgan fingerprint density at radius 1 is 1.06 bits per heavy atom. The Kier molecular flexibility index (Phi) is 3.70. The van der Waals surface area contributed by atoms with Gasteiger partial charge in [-0.3, -0.25) is 0 Å². The molecule has 0 spiro atoms. The van der Waals surface area contributed by atoms with Crippen LogP contribution in [0.25, 0.3) is 0 Å². The first-order chi connectivity index (χ1) is 7.79. The Morgan fingerprint density at radius 3 is 2.50 bits per heavy atom. The molecule has 0 radical (unpaired) electrons. The fraction of sp³-hybridized carbons (Fsp3) is 0.571. The molecule has 1 aliphatic carbocycles. The van der Waals surface area contributed by atoms with Crippen LogP contribution >= 0.6 is 0 Å². The minimum atomic E-state index is 0.380. The second-order valence-corrected chi connectivity index (χ2v) is 4.53. The van der Waals surface area contributed by atoms with E-state index >= 15 is 0 Å². The van der Waals surface area contributed by atoms with Crippen molar-refractivity contribution >= 4 is 0 Å². The standard InChI is InChI=1S/C14H20O2/c1-11-8-9-13(14(10-11)15-2)16-12-6-4-3-5-7-12/h8-10,12H,3-7H2,1-2H3. The molecule has 1 aromatic rings. The van der Waals surface area contributed by atoms with Crippen LogP contribution in [0.5, 0.6) is 11.5 Å². The minimum absolute atomic E-state index is 0.380. The minimum Gasteiger partial charge on any atom is -0.493 e. The van der Waals surface area contributed by atoms with Gasteiger partial charge >= 0.3 is 0 Å². The number of ether oxygens (including phenoxy) is 2. The fourth-order valence-electron chi connectivity index (χ4n) is 2.23. The van der Waals surface area contributed by atoms with Gasteiger partial charge in [-0.05, 0) is 50.3 Å². The van der Waals surface area contributed by atoms with Gasteiger partial charge in [0.15, 0.2) is 11.5 Å². The predicted octanol–water partition coefficient (Wildman–Crippen LogP) is 3.72. The quantitative estimate of drug-likeness (QED) is 0.773. The molecule has 0 amide bonds. The Balaban J connectivity index is 2.07. The van der Waals surface area contributed by atoms with Crippen LogP contribution in [0, 0.1) is 6.92 Å². The van der Waals surface area contributed by atoms with Crippen molar-refractivity contribution in [3.8, 4) is 11.5 Å². The highest BCUT2D eigenvalue weighted by Gasteiger charge is 2.16. The highest BCUT2D eigenvalue weighted by molar-refractivity contribution is 5.42. The van der Waals surface area contributed by atoms with E-state index in [4.69, 9.17) is 9.47 Å². The highest BCUT2D eigenvalue weighted by atomic mass is 16.5. The Labute approximate surface area is 97.6 Å². The zero-order valence-corrected chi connectivity index (χ0v) is 10.2. The van der Waals surface area contributed by atoms with Gasteiger partial charge in [-0.1, -0.05) is 12.5 Å². The van der Waals surface area contributed by atoms with E-state index in [0.717, 1.165) is 11.5 Å². The number of rotatable bonds is 3. The lowest BCUT2D eigenvalue weighted by Gasteiger charge is -2.24. The van der Waals surface area contributed by atoms with Crippen LogP contribution in [-0.4, -0.2) is 13.2 Å². The summed E-state index contributed by atoms with van der Waals surface area (Å²) >= 11 is 0. The zero-order valence-electron chi connectivity index (χ0n) is 10.2. The van der Waals surface area contributed by atoms with Gasteiger partial charge < -0.3 is 9.47 Å². The van der Waals surface area contributed by atoms with Gasteiger partial charge in [0.1, 0.15) is 0 Å². The summed E-state index contributed by atoms with van der Waals surface area (Å²) in [6.45, 7) is 2.06. The van der Waals surface area contributed by atoms with E-state index < -0.39 is 0 Å². The lowest BCUT2D eigenvalue weighted by Crippen LogP contribution is -2.19. The van der Waals surface area contributed by atoms with E-state index in [2.05, 4.69) is 13.0 Å². The number of benzene rings is 1. The fourth-order valence-corrected chi connectivity index (χ4v) is 2.23. The average Bonchev–Trinajstić information content (AvgIpc) is 2.33. The van der Waals surface area contributed by atoms with Crippen LogP contribution in [0.4, 0.5) is 0 Å². The molecule has 2 nitrogen and oxygen atoms in total. The molecule has 0 unspecified atom stereocenters. The van der Waals surface area contributed by atoms with E-state index in [1.54, 1.807) is 7.11 Å². The first kappa shape index (κ1) is 11.3. The summed E-state index contributed by atoms with van der Waals surface area (Å²) in [5.41, 5.74) is 1.20. The summed E-state index contributed by atoms with van der Waals surface area (Å²) in [4.78, 5) is 0. The summed E-state index contributed by atoms with van der Waals surface area (Å²) in [5, 5.41) is 0. The molecule has 0 aromatic heterocycles. The average molecular weight is 220 g/mol. The molecule has 0 N–H and O–H groups in total. The summed E-state index contributed by atoms with van der Waals surface area (Å²) in [6, 6.07) is 6.11. The van der Waals surface area contributed by atoms with E-state index in [0.29, 0.717) is 6.10 Å². The van der Waals surface area contributed by atoms with E-state index in [9.17, 15) is 0 Å². The topological polar surface area (TPSA) is 18.5 Å². The number of methoxy groups -OCH3 is 1.